The van der Waals surface area contributed by atoms with Gasteiger partial charge >= 0.3 is 0 Å². The molecule has 0 aliphatic carbocycles. The summed E-state index contributed by atoms with van der Waals surface area (Å²) in [5.74, 6) is 1.08. The van der Waals surface area contributed by atoms with E-state index in [0.717, 1.165) is 28.0 Å². The molecular weight excluding hydrogens is 302 g/mol. The molecular formula is C18H21N5O. The van der Waals surface area contributed by atoms with E-state index in [1.165, 1.54) is 6.92 Å². The number of nitrogens with one attached hydrogen (secondary N) is 3. The molecule has 0 spiro atoms. The Morgan fingerprint density at radius 3 is 2.75 bits per heavy atom. The molecule has 0 radical (unpaired) electrons. The summed E-state index contributed by atoms with van der Waals surface area (Å²) in [6, 6.07) is 10.2. The fourth-order valence-electron chi connectivity index (χ4n) is 2.60. The summed E-state index contributed by atoms with van der Waals surface area (Å²) in [6.45, 7) is 4.96. The maximum absolute atomic E-state index is 11.0. The second-order valence-electron chi connectivity index (χ2n) is 5.94. The smallest absolute Gasteiger partial charge is 0.216 e. The largest absolute Gasteiger partial charge is 0.369 e. The molecule has 2 heterocycles. The van der Waals surface area contributed by atoms with Crippen LogP contribution in [0.1, 0.15) is 13.8 Å². The first kappa shape index (κ1) is 16.0. The van der Waals surface area contributed by atoms with Gasteiger partial charge in [0.1, 0.15) is 17.8 Å². The molecule has 3 rings (SSSR count). The predicted molar refractivity (Wildman–Crippen MR) is 95.7 cm³/mol. The molecule has 0 aliphatic rings. The van der Waals surface area contributed by atoms with Crippen LogP contribution in [0, 0.1) is 5.92 Å². The molecule has 24 heavy (non-hydrogen) atoms. The standard InChI is InChI=1S/C18H21N5O/c1-12(8-19-13(2)24)9-20-17-16-15(14-6-4-3-5-7-14)10-21-18(16)23-11-22-17/h3-7,10-12H,8-9H2,1-2H3,(H,19,24)(H2,20,21,22,23). The Labute approximate surface area is 140 Å². The molecule has 1 atom stereocenters. The Balaban J connectivity index is 1.83. The van der Waals surface area contributed by atoms with Gasteiger partial charge in [-0.3, -0.25) is 4.79 Å². The van der Waals surface area contributed by atoms with Gasteiger partial charge in [-0.25, -0.2) is 9.97 Å². The van der Waals surface area contributed by atoms with Gasteiger partial charge in [0.25, 0.3) is 0 Å². The van der Waals surface area contributed by atoms with Crippen LogP contribution in [0.15, 0.2) is 42.9 Å². The lowest BCUT2D eigenvalue weighted by Crippen LogP contribution is -2.29. The Hall–Kier alpha value is -2.89. The number of nitrogens with zero attached hydrogens (tertiary/aromatic N) is 2. The predicted octanol–water partition coefficient (Wildman–Crippen LogP) is 2.81. The van der Waals surface area contributed by atoms with Crippen molar-refractivity contribution in [3.8, 4) is 11.1 Å². The van der Waals surface area contributed by atoms with Crippen molar-refractivity contribution >= 4 is 22.8 Å². The molecule has 1 aromatic carbocycles. The molecule has 124 valence electrons. The van der Waals surface area contributed by atoms with Crippen LogP contribution in [0.4, 0.5) is 5.82 Å². The molecule has 1 amide bonds. The van der Waals surface area contributed by atoms with Gasteiger partial charge in [0.05, 0.1) is 5.39 Å². The number of rotatable bonds is 6. The van der Waals surface area contributed by atoms with Crippen molar-refractivity contribution in [2.75, 3.05) is 18.4 Å². The number of hydrogen-bond acceptors (Lipinski definition) is 4. The van der Waals surface area contributed by atoms with Crippen LogP contribution in [0.3, 0.4) is 0 Å². The Morgan fingerprint density at radius 2 is 2.00 bits per heavy atom. The van der Waals surface area contributed by atoms with Gasteiger partial charge in [0.15, 0.2) is 0 Å². The summed E-state index contributed by atoms with van der Waals surface area (Å²) in [7, 11) is 0. The molecule has 1 unspecified atom stereocenters. The maximum Gasteiger partial charge on any atom is 0.216 e. The molecule has 0 fully saturated rings. The molecule has 0 aliphatic heterocycles. The van der Waals surface area contributed by atoms with Crippen molar-refractivity contribution in [3.63, 3.8) is 0 Å². The second kappa shape index (κ2) is 7.12. The van der Waals surface area contributed by atoms with E-state index in [0.29, 0.717) is 13.1 Å². The van der Waals surface area contributed by atoms with E-state index in [-0.39, 0.29) is 11.8 Å². The average Bonchev–Trinajstić information content (AvgIpc) is 3.03. The van der Waals surface area contributed by atoms with Crippen molar-refractivity contribution < 1.29 is 4.79 Å². The van der Waals surface area contributed by atoms with Gasteiger partial charge in [-0.05, 0) is 11.5 Å². The lowest BCUT2D eigenvalue weighted by atomic mass is 10.1. The Kier molecular flexibility index (Phi) is 4.74. The molecule has 3 aromatic rings. The van der Waals surface area contributed by atoms with Gasteiger partial charge in [-0.2, -0.15) is 0 Å². The minimum Gasteiger partial charge on any atom is -0.369 e. The van der Waals surface area contributed by atoms with Crippen LogP contribution in [-0.4, -0.2) is 33.9 Å². The highest BCUT2D eigenvalue weighted by molar-refractivity contribution is 6.00. The fraction of sp³-hybridized carbons (Fsp3) is 0.278. The van der Waals surface area contributed by atoms with E-state index in [1.54, 1.807) is 6.33 Å². The van der Waals surface area contributed by atoms with Crippen molar-refractivity contribution in [2.24, 2.45) is 5.92 Å². The third kappa shape index (κ3) is 3.53. The molecule has 0 saturated carbocycles. The topological polar surface area (TPSA) is 82.7 Å². The first-order chi connectivity index (χ1) is 11.6. The van der Waals surface area contributed by atoms with Crippen LogP contribution in [0.5, 0.6) is 0 Å². The van der Waals surface area contributed by atoms with Crippen molar-refractivity contribution in [1.82, 2.24) is 20.3 Å². The zero-order valence-electron chi connectivity index (χ0n) is 13.8. The van der Waals surface area contributed by atoms with E-state index in [4.69, 9.17) is 0 Å². The van der Waals surface area contributed by atoms with Gasteiger partial charge in [0, 0.05) is 31.8 Å². The number of benzene rings is 1. The number of anilines is 1. The minimum atomic E-state index is -0.0109. The van der Waals surface area contributed by atoms with Crippen LogP contribution < -0.4 is 10.6 Å². The van der Waals surface area contributed by atoms with Crippen LogP contribution >= 0.6 is 0 Å². The van der Waals surface area contributed by atoms with Gasteiger partial charge in [-0.15, -0.1) is 0 Å². The third-order valence-corrected chi connectivity index (χ3v) is 3.87. The number of amides is 1. The van der Waals surface area contributed by atoms with Crippen molar-refractivity contribution in [1.29, 1.82) is 0 Å². The summed E-state index contributed by atoms with van der Waals surface area (Å²) < 4.78 is 0. The van der Waals surface area contributed by atoms with Gasteiger partial charge in [0.2, 0.25) is 5.91 Å². The highest BCUT2D eigenvalue weighted by atomic mass is 16.1. The number of fused-ring (bicyclic) bond motifs is 1. The number of aromatic nitrogens is 3. The highest BCUT2D eigenvalue weighted by Gasteiger charge is 2.13. The molecule has 3 N–H and O–H groups in total. The van der Waals surface area contributed by atoms with Gasteiger partial charge in [-0.1, -0.05) is 37.3 Å². The van der Waals surface area contributed by atoms with Crippen LogP contribution in [0.2, 0.25) is 0 Å². The number of aromatic amines is 1. The molecule has 0 bridgehead atoms. The summed E-state index contributed by atoms with van der Waals surface area (Å²) in [6.07, 6.45) is 3.51. The Bertz CT molecular complexity index is 828. The van der Waals surface area contributed by atoms with E-state index in [9.17, 15) is 4.79 Å². The normalized spacial score (nSPS) is 12.1. The van der Waals surface area contributed by atoms with Gasteiger partial charge < -0.3 is 15.6 Å². The van der Waals surface area contributed by atoms with Crippen LogP contribution in [-0.2, 0) is 4.79 Å². The number of carbonyl (C=O) groups excluding carboxylic acids is 1. The molecule has 2 aromatic heterocycles. The van der Waals surface area contributed by atoms with E-state index < -0.39 is 0 Å². The summed E-state index contributed by atoms with van der Waals surface area (Å²) in [4.78, 5) is 22.9. The summed E-state index contributed by atoms with van der Waals surface area (Å²) in [5.41, 5.74) is 3.00. The first-order valence-corrected chi connectivity index (χ1v) is 8.01. The summed E-state index contributed by atoms with van der Waals surface area (Å²) >= 11 is 0. The second-order valence-corrected chi connectivity index (χ2v) is 5.94. The quantitative estimate of drug-likeness (QED) is 0.651. The maximum atomic E-state index is 11.0. The average molecular weight is 323 g/mol. The fourth-order valence-corrected chi connectivity index (χ4v) is 2.60. The van der Waals surface area contributed by atoms with E-state index >= 15 is 0 Å². The van der Waals surface area contributed by atoms with Crippen molar-refractivity contribution in [2.45, 2.75) is 13.8 Å². The summed E-state index contributed by atoms with van der Waals surface area (Å²) in [5, 5.41) is 7.20. The molecule has 6 nitrogen and oxygen atoms in total. The molecule has 6 heteroatoms. The monoisotopic (exact) mass is 323 g/mol. The van der Waals surface area contributed by atoms with E-state index in [2.05, 4.69) is 44.6 Å². The van der Waals surface area contributed by atoms with E-state index in [1.807, 2.05) is 24.4 Å². The molecule has 0 saturated heterocycles. The number of H-pyrrole nitrogens is 1. The SMILES string of the molecule is CC(=O)NCC(C)CNc1ncnc2[nH]cc(-c3ccccc3)c12. The minimum absolute atomic E-state index is 0.0109. The third-order valence-electron chi connectivity index (χ3n) is 3.87. The Morgan fingerprint density at radius 1 is 1.21 bits per heavy atom. The zero-order chi connectivity index (χ0) is 16.9. The van der Waals surface area contributed by atoms with Crippen LogP contribution in [0.25, 0.3) is 22.2 Å². The highest BCUT2D eigenvalue weighted by Crippen LogP contribution is 2.31. The lowest BCUT2D eigenvalue weighted by Gasteiger charge is -2.14. The zero-order valence-corrected chi connectivity index (χ0v) is 13.8. The van der Waals surface area contributed by atoms with Crippen molar-refractivity contribution in [3.05, 3.63) is 42.9 Å². The number of carbonyl (C=O) groups is 1. The lowest BCUT2D eigenvalue weighted by molar-refractivity contribution is -0.119. The number of hydrogen-bond donors (Lipinski definition) is 3. The first-order valence-electron chi connectivity index (χ1n) is 8.01.